The van der Waals surface area contributed by atoms with Gasteiger partial charge in [0.25, 0.3) is 5.91 Å². The number of nitrogens with one attached hydrogen (secondary N) is 1. The summed E-state index contributed by atoms with van der Waals surface area (Å²) in [5.74, 6) is -1.05. The minimum atomic E-state index is -0.572. The van der Waals surface area contributed by atoms with Gasteiger partial charge < -0.3 is 16.8 Å². The normalized spacial score (nSPS) is 10.3. The van der Waals surface area contributed by atoms with E-state index in [4.69, 9.17) is 23.1 Å². The number of primary amides is 1. The number of hydrogen-bond acceptors (Lipinski definition) is 3. The quantitative estimate of drug-likeness (QED) is 0.758. The third kappa shape index (κ3) is 3.00. The van der Waals surface area contributed by atoms with Crippen LogP contribution in [-0.4, -0.2) is 5.91 Å². The molecule has 0 unspecified atom stereocenters. The zero-order valence-electron chi connectivity index (χ0n) is 10.5. The van der Waals surface area contributed by atoms with Crippen LogP contribution in [0.2, 0.25) is 5.02 Å². The lowest BCUT2D eigenvalue weighted by molar-refractivity contribution is 0.100. The first-order chi connectivity index (χ1) is 9.49. The molecule has 0 spiro atoms. The molecule has 0 atom stereocenters. The van der Waals surface area contributed by atoms with Gasteiger partial charge in [-0.1, -0.05) is 23.7 Å². The van der Waals surface area contributed by atoms with Crippen LogP contribution in [0.3, 0.4) is 0 Å². The number of nitrogen functional groups attached to an aromatic ring is 1. The Labute approximate surface area is 120 Å². The van der Waals surface area contributed by atoms with Gasteiger partial charge in [0.05, 0.1) is 22.0 Å². The number of halogens is 2. The molecule has 20 heavy (non-hydrogen) atoms. The lowest BCUT2D eigenvalue weighted by Crippen LogP contribution is -2.15. The molecule has 104 valence electrons. The van der Waals surface area contributed by atoms with Crippen LogP contribution >= 0.6 is 11.6 Å². The highest BCUT2D eigenvalue weighted by atomic mass is 35.5. The Morgan fingerprint density at radius 1 is 1.30 bits per heavy atom. The SMILES string of the molecule is NC(=O)c1cccc(N)c1NCc1ccc(F)c(Cl)c1. The average Bonchev–Trinajstić information content (AvgIpc) is 2.40. The predicted octanol–water partition coefficient (Wildman–Crippen LogP) is 2.77. The molecule has 2 aromatic rings. The summed E-state index contributed by atoms with van der Waals surface area (Å²) in [6.07, 6.45) is 0. The van der Waals surface area contributed by atoms with Crippen molar-refractivity contribution in [2.45, 2.75) is 6.54 Å². The summed E-state index contributed by atoms with van der Waals surface area (Å²) in [6, 6.07) is 9.27. The maximum absolute atomic E-state index is 13.1. The molecule has 5 N–H and O–H groups in total. The molecule has 2 rings (SSSR count). The molecule has 1 amide bonds. The fourth-order valence-corrected chi connectivity index (χ4v) is 2.02. The Morgan fingerprint density at radius 2 is 2.05 bits per heavy atom. The van der Waals surface area contributed by atoms with Crippen molar-refractivity contribution < 1.29 is 9.18 Å². The van der Waals surface area contributed by atoms with Crippen molar-refractivity contribution in [2.24, 2.45) is 5.73 Å². The summed E-state index contributed by atoms with van der Waals surface area (Å²) in [7, 11) is 0. The van der Waals surface area contributed by atoms with Crippen LogP contribution in [0.5, 0.6) is 0 Å². The monoisotopic (exact) mass is 293 g/mol. The number of carbonyl (C=O) groups excluding carboxylic acids is 1. The molecule has 0 aliphatic rings. The van der Waals surface area contributed by atoms with Crippen molar-refractivity contribution in [2.75, 3.05) is 11.1 Å². The van der Waals surface area contributed by atoms with Gasteiger partial charge in [-0.15, -0.1) is 0 Å². The lowest BCUT2D eigenvalue weighted by atomic mass is 10.1. The summed E-state index contributed by atoms with van der Waals surface area (Å²) >= 11 is 5.71. The molecule has 0 aliphatic heterocycles. The van der Waals surface area contributed by atoms with E-state index >= 15 is 0 Å². The van der Waals surface area contributed by atoms with Gasteiger partial charge in [0.15, 0.2) is 0 Å². The van der Waals surface area contributed by atoms with E-state index in [9.17, 15) is 9.18 Å². The zero-order chi connectivity index (χ0) is 14.7. The molecule has 2 aromatic carbocycles. The third-order valence-electron chi connectivity index (χ3n) is 2.82. The second-order valence-corrected chi connectivity index (χ2v) is 4.64. The first-order valence-electron chi connectivity index (χ1n) is 5.85. The van der Waals surface area contributed by atoms with Crippen LogP contribution in [0.1, 0.15) is 15.9 Å². The first-order valence-corrected chi connectivity index (χ1v) is 6.23. The molecule has 4 nitrogen and oxygen atoms in total. The van der Waals surface area contributed by atoms with Gasteiger partial charge in [-0.3, -0.25) is 4.79 Å². The minimum absolute atomic E-state index is 0.0421. The largest absolute Gasteiger partial charge is 0.397 e. The van der Waals surface area contributed by atoms with Crippen LogP contribution in [0.4, 0.5) is 15.8 Å². The van der Waals surface area contributed by atoms with E-state index in [0.717, 1.165) is 5.56 Å². The van der Waals surface area contributed by atoms with Crippen molar-refractivity contribution in [3.05, 3.63) is 58.4 Å². The van der Waals surface area contributed by atoms with E-state index in [1.807, 2.05) is 0 Å². The second kappa shape index (κ2) is 5.79. The highest BCUT2D eigenvalue weighted by Crippen LogP contribution is 2.24. The van der Waals surface area contributed by atoms with Crippen LogP contribution < -0.4 is 16.8 Å². The summed E-state index contributed by atoms with van der Waals surface area (Å²) in [5.41, 5.74) is 13.0. The Morgan fingerprint density at radius 3 is 2.70 bits per heavy atom. The van der Waals surface area contributed by atoms with Gasteiger partial charge in [-0.25, -0.2) is 4.39 Å². The van der Waals surface area contributed by atoms with E-state index in [0.29, 0.717) is 23.5 Å². The highest BCUT2D eigenvalue weighted by molar-refractivity contribution is 6.30. The summed E-state index contributed by atoms with van der Waals surface area (Å²) < 4.78 is 13.1. The van der Waals surface area contributed by atoms with Gasteiger partial charge in [0, 0.05) is 6.54 Å². The first kappa shape index (κ1) is 14.1. The number of carbonyl (C=O) groups is 1. The van der Waals surface area contributed by atoms with E-state index in [2.05, 4.69) is 5.32 Å². The van der Waals surface area contributed by atoms with Crippen LogP contribution in [0, 0.1) is 5.82 Å². The van der Waals surface area contributed by atoms with Crippen molar-refractivity contribution in [1.82, 2.24) is 0 Å². The van der Waals surface area contributed by atoms with E-state index < -0.39 is 11.7 Å². The second-order valence-electron chi connectivity index (χ2n) is 4.24. The predicted molar refractivity (Wildman–Crippen MR) is 78.1 cm³/mol. The van der Waals surface area contributed by atoms with Crippen molar-refractivity contribution in [1.29, 1.82) is 0 Å². The average molecular weight is 294 g/mol. The molecule has 0 aliphatic carbocycles. The molecular weight excluding hydrogens is 281 g/mol. The fourth-order valence-electron chi connectivity index (χ4n) is 1.81. The van der Waals surface area contributed by atoms with Gasteiger partial charge >= 0.3 is 0 Å². The van der Waals surface area contributed by atoms with Crippen LogP contribution in [0.15, 0.2) is 36.4 Å². The minimum Gasteiger partial charge on any atom is -0.397 e. The summed E-state index contributed by atoms with van der Waals surface area (Å²) in [4.78, 5) is 11.3. The van der Waals surface area contributed by atoms with E-state index in [1.165, 1.54) is 12.1 Å². The fraction of sp³-hybridized carbons (Fsp3) is 0.0714. The van der Waals surface area contributed by atoms with Gasteiger partial charge in [-0.05, 0) is 29.8 Å². The van der Waals surface area contributed by atoms with Gasteiger partial charge in [0.2, 0.25) is 0 Å². The molecule has 0 saturated heterocycles. The zero-order valence-corrected chi connectivity index (χ0v) is 11.2. The highest BCUT2D eigenvalue weighted by Gasteiger charge is 2.10. The smallest absolute Gasteiger partial charge is 0.250 e. The Bertz CT molecular complexity index is 661. The molecular formula is C14H13ClFN3O. The molecule has 0 radical (unpaired) electrons. The van der Waals surface area contributed by atoms with E-state index in [1.54, 1.807) is 24.3 Å². The number of benzene rings is 2. The number of para-hydroxylation sites is 1. The Hall–Kier alpha value is -2.27. The topological polar surface area (TPSA) is 81.1 Å². The Kier molecular flexibility index (Phi) is 4.10. The number of hydrogen-bond donors (Lipinski definition) is 3. The Balaban J connectivity index is 2.22. The van der Waals surface area contributed by atoms with E-state index in [-0.39, 0.29) is 5.02 Å². The third-order valence-corrected chi connectivity index (χ3v) is 3.11. The molecule has 0 heterocycles. The van der Waals surface area contributed by atoms with Crippen molar-refractivity contribution in [3.8, 4) is 0 Å². The van der Waals surface area contributed by atoms with Crippen LogP contribution in [-0.2, 0) is 6.54 Å². The number of anilines is 2. The lowest BCUT2D eigenvalue weighted by Gasteiger charge is -2.13. The molecule has 6 heteroatoms. The molecule has 0 bridgehead atoms. The van der Waals surface area contributed by atoms with Gasteiger partial charge in [-0.2, -0.15) is 0 Å². The summed E-state index contributed by atoms with van der Waals surface area (Å²) in [5, 5.41) is 3.06. The van der Waals surface area contributed by atoms with Gasteiger partial charge in [0.1, 0.15) is 5.82 Å². The molecule has 0 aromatic heterocycles. The maximum atomic E-state index is 13.1. The van der Waals surface area contributed by atoms with Crippen LogP contribution in [0.25, 0.3) is 0 Å². The number of rotatable bonds is 4. The standard InChI is InChI=1S/C14H13ClFN3O/c15-10-6-8(4-5-11(10)16)7-19-13-9(14(18)20)2-1-3-12(13)17/h1-6,19H,7,17H2,(H2,18,20). The van der Waals surface area contributed by atoms with Crippen molar-refractivity contribution >= 4 is 28.9 Å². The summed E-state index contributed by atoms with van der Waals surface area (Å²) in [6.45, 7) is 0.342. The number of nitrogens with two attached hydrogens (primary N) is 2. The molecule has 0 saturated carbocycles. The maximum Gasteiger partial charge on any atom is 0.250 e. The van der Waals surface area contributed by atoms with Crippen molar-refractivity contribution in [3.63, 3.8) is 0 Å². The number of amides is 1. The molecule has 0 fully saturated rings.